The predicted octanol–water partition coefficient (Wildman–Crippen LogP) is 2.78. The Morgan fingerprint density at radius 1 is 1.33 bits per heavy atom. The summed E-state index contributed by atoms with van der Waals surface area (Å²) >= 11 is 0. The summed E-state index contributed by atoms with van der Waals surface area (Å²) in [6.45, 7) is 3.41. The van der Waals surface area contributed by atoms with Gasteiger partial charge in [-0.25, -0.2) is 9.36 Å². The summed E-state index contributed by atoms with van der Waals surface area (Å²) in [6, 6.07) is 6.01. The van der Waals surface area contributed by atoms with Crippen molar-refractivity contribution in [2.45, 2.75) is 32.3 Å². The highest BCUT2D eigenvalue weighted by atomic mass is 31.2. The van der Waals surface area contributed by atoms with Crippen LogP contribution in [0.3, 0.4) is 0 Å². The fourth-order valence-electron chi connectivity index (χ4n) is 1.54. The number of hydrogen-bond acceptors (Lipinski definition) is 5. The van der Waals surface area contributed by atoms with Crippen LogP contribution in [0.5, 0.6) is 5.75 Å². The summed E-state index contributed by atoms with van der Waals surface area (Å²) < 4.78 is 22.5. The third-order valence-electron chi connectivity index (χ3n) is 2.86. The Balaban J connectivity index is 2.91. The van der Waals surface area contributed by atoms with E-state index in [1.807, 2.05) is 0 Å². The van der Waals surface area contributed by atoms with Gasteiger partial charge in [-0.05, 0) is 31.0 Å². The fourth-order valence-corrected chi connectivity index (χ4v) is 3.05. The van der Waals surface area contributed by atoms with Crippen LogP contribution >= 0.6 is 7.60 Å². The summed E-state index contributed by atoms with van der Waals surface area (Å²) in [5.41, 5.74) is 4.99. The van der Waals surface area contributed by atoms with Crippen molar-refractivity contribution in [1.82, 2.24) is 0 Å². The molecule has 0 bridgehead atoms. The SMILES string of the molecule is CCC(C)P(=O)(OC(N)=O)Oc1ccc(CC(=O)O)cc1. The monoisotopic (exact) mass is 315 g/mol. The normalized spacial score (nSPS) is 14.8. The highest BCUT2D eigenvalue weighted by Crippen LogP contribution is 2.53. The summed E-state index contributed by atoms with van der Waals surface area (Å²) in [7, 11) is -3.72. The number of nitrogens with two attached hydrogens (primary N) is 1. The van der Waals surface area contributed by atoms with Gasteiger partial charge >= 0.3 is 19.7 Å². The van der Waals surface area contributed by atoms with Gasteiger partial charge in [0.2, 0.25) is 0 Å². The van der Waals surface area contributed by atoms with E-state index in [1.165, 1.54) is 24.3 Å². The van der Waals surface area contributed by atoms with Crippen LogP contribution in [0.15, 0.2) is 24.3 Å². The lowest BCUT2D eigenvalue weighted by molar-refractivity contribution is -0.136. The van der Waals surface area contributed by atoms with Crippen molar-refractivity contribution in [3.63, 3.8) is 0 Å². The van der Waals surface area contributed by atoms with Crippen LogP contribution in [0.2, 0.25) is 0 Å². The van der Waals surface area contributed by atoms with Gasteiger partial charge in [-0.1, -0.05) is 19.1 Å². The Kier molecular flexibility index (Phi) is 5.79. The van der Waals surface area contributed by atoms with Gasteiger partial charge in [-0.15, -0.1) is 0 Å². The number of carbonyl (C=O) groups is 2. The zero-order valence-corrected chi connectivity index (χ0v) is 12.7. The Hall–Kier alpha value is -2.01. The largest absolute Gasteiger partial charge is 0.481 e. The average molecular weight is 315 g/mol. The molecule has 0 saturated carbocycles. The van der Waals surface area contributed by atoms with Gasteiger partial charge in [-0.2, -0.15) is 0 Å². The lowest BCUT2D eigenvalue weighted by Crippen LogP contribution is -2.18. The van der Waals surface area contributed by atoms with Crippen LogP contribution in [0.4, 0.5) is 4.79 Å². The molecule has 0 fully saturated rings. The quantitative estimate of drug-likeness (QED) is 0.747. The second-order valence-electron chi connectivity index (χ2n) is 4.51. The third kappa shape index (κ3) is 5.11. The Morgan fingerprint density at radius 3 is 2.33 bits per heavy atom. The second-order valence-corrected chi connectivity index (χ2v) is 6.84. The van der Waals surface area contributed by atoms with Crippen LogP contribution < -0.4 is 10.3 Å². The molecule has 0 spiro atoms. The summed E-state index contributed by atoms with van der Waals surface area (Å²) in [4.78, 5) is 21.5. The van der Waals surface area contributed by atoms with Crippen molar-refractivity contribution in [3.8, 4) is 5.75 Å². The molecule has 8 heteroatoms. The van der Waals surface area contributed by atoms with Crippen LogP contribution in [0, 0.1) is 0 Å². The molecule has 116 valence electrons. The number of primary amides is 1. The number of amides is 1. The van der Waals surface area contributed by atoms with E-state index >= 15 is 0 Å². The standard InChI is InChI=1S/C13H18NO6P/c1-3-9(2)21(18,20-13(14)17)19-11-6-4-10(5-7-11)8-12(15)16/h4-7,9H,3,8H2,1-2H3,(H2,14,17)(H,15,16). The van der Waals surface area contributed by atoms with Crippen molar-refractivity contribution in [2.24, 2.45) is 5.73 Å². The number of rotatable bonds is 7. The van der Waals surface area contributed by atoms with Crippen molar-refractivity contribution in [3.05, 3.63) is 29.8 Å². The molecule has 0 radical (unpaired) electrons. The molecule has 0 aliphatic heterocycles. The van der Waals surface area contributed by atoms with Crippen LogP contribution in [0.25, 0.3) is 0 Å². The molecule has 2 unspecified atom stereocenters. The minimum Gasteiger partial charge on any atom is -0.481 e. The fraction of sp³-hybridized carbons (Fsp3) is 0.385. The zero-order valence-electron chi connectivity index (χ0n) is 11.8. The molecule has 21 heavy (non-hydrogen) atoms. The molecule has 0 aliphatic carbocycles. The Morgan fingerprint density at radius 2 is 1.90 bits per heavy atom. The number of carboxylic acid groups (broad SMARTS) is 1. The van der Waals surface area contributed by atoms with E-state index < -0.39 is 25.3 Å². The molecule has 7 nitrogen and oxygen atoms in total. The van der Waals surface area contributed by atoms with Crippen molar-refractivity contribution >= 4 is 19.7 Å². The number of carbonyl (C=O) groups excluding carboxylic acids is 1. The third-order valence-corrected chi connectivity index (χ3v) is 5.20. The maximum Gasteiger partial charge on any atom is 0.436 e. The molecule has 2 atom stereocenters. The highest BCUT2D eigenvalue weighted by molar-refractivity contribution is 7.55. The lowest BCUT2D eigenvalue weighted by Gasteiger charge is -2.22. The predicted molar refractivity (Wildman–Crippen MR) is 76.4 cm³/mol. The first kappa shape index (κ1) is 17.0. The van der Waals surface area contributed by atoms with Gasteiger partial charge in [0.25, 0.3) is 0 Å². The number of benzene rings is 1. The molecule has 0 aromatic heterocycles. The molecule has 0 saturated heterocycles. The summed E-state index contributed by atoms with van der Waals surface area (Å²) in [6.07, 6.45) is -0.816. The Labute approximate surface area is 122 Å². The second kappa shape index (κ2) is 7.13. The topological polar surface area (TPSA) is 116 Å². The number of carboxylic acids is 1. The van der Waals surface area contributed by atoms with Gasteiger partial charge in [0.1, 0.15) is 5.75 Å². The van der Waals surface area contributed by atoms with Crippen LogP contribution in [-0.2, 0) is 20.3 Å². The van der Waals surface area contributed by atoms with Crippen molar-refractivity contribution in [1.29, 1.82) is 0 Å². The Bertz CT molecular complexity index is 556. The van der Waals surface area contributed by atoms with Gasteiger partial charge in [0.15, 0.2) is 0 Å². The van der Waals surface area contributed by atoms with Crippen molar-refractivity contribution in [2.75, 3.05) is 0 Å². The molecule has 1 rings (SSSR count). The van der Waals surface area contributed by atoms with E-state index in [-0.39, 0.29) is 12.2 Å². The molecule has 1 amide bonds. The molecule has 3 N–H and O–H groups in total. The first-order chi connectivity index (χ1) is 9.76. The van der Waals surface area contributed by atoms with Crippen molar-refractivity contribution < 1.29 is 28.3 Å². The van der Waals surface area contributed by atoms with E-state index in [0.717, 1.165) is 0 Å². The zero-order chi connectivity index (χ0) is 16.0. The average Bonchev–Trinajstić information content (AvgIpc) is 2.38. The minimum atomic E-state index is -3.72. The minimum absolute atomic E-state index is 0.124. The molecule has 1 aromatic carbocycles. The van der Waals surface area contributed by atoms with E-state index in [4.69, 9.17) is 15.4 Å². The first-order valence-corrected chi connectivity index (χ1v) is 7.97. The molecule has 0 heterocycles. The van der Waals surface area contributed by atoms with Gasteiger partial charge in [-0.3, -0.25) is 4.79 Å². The smallest absolute Gasteiger partial charge is 0.436 e. The van der Waals surface area contributed by atoms with E-state index in [9.17, 15) is 14.2 Å². The number of hydrogen-bond donors (Lipinski definition) is 2. The maximum atomic E-state index is 12.5. The van der Waals surface area contributed by atoms with E-state index in [1.54, 1.807) is 13.8 Å². The molecular formula is C13H18NO6P. The molecule has 1 aromatic rings. The van der Waals surface area contributed by atoms with E-state index in [0.29, 0.717) is 12.0 Å². The molecule has 0 aliphatic rings. The van der Waals surface area contributed by atoms with Gasteiger partial charge in [0, 0.05) is 0 Å². The first-order valence-electron chi connectivity index (χ1n) is 6.36. The summed E-state index contributed by atoms with van der Waals surface area (Å²) in [5.74, 6) is -0.736. The summed E-state index contributed by atoms with van der Waals surface area (Å²) in [5, 5.41) is 8.68. The lowest BCUT2D eigenvalue weighted by atomic mass is 10.1. The van der Waals surface area contributed by atoms with Crippen LogP contribution in [0.1, 0.15) is 25.8 Å². The van der Waals surface area contributed by atoms with Gasteiger partial charge < -0.3 is 19.9 Å². The highest BCUT2D eigenvalue weighted by Gasteiger charge is 2.36. The number of aliphatic carboxylic acids is 1. The molecular weight excluding hydrogens is 297 g/mol. The van der Waals surface area contributed by atoms with Gasteiger partial charge in [0.05, 0.1) is 12.1 Å². The maximum absolute atomic E-state index is 12.5. The van der Waals surface area contributed by atoms with E-state index in [2.05, 4.69) is 4.52 Å². The van der Waals surface area contributed by atoms with Crippen LogP contribution in [-0.4, -0.2) is 22.8 Å².